The number of nitrogens with one attached hydrogen (secondary N) is 1. The van der Waals surface area contributed by atoms with Crippen LogP contribution in [0.3, 0.4) is 0 Å². The van der Waals surface area contributed by atoms with E-state index in [-0.39, 0.29) is 29.1 Å². The van der Waals surface area contributed by atoms with Crippen molar-refractivity contribution in [3.05, 3.63) is 92.5 Å². The first kappa shape index (κ1) is 21.1. The molecule has 8 nitrogen and oxygen atoms in total. The third-order valence-corrected chi connectivity index (χ3v) is 5.95. The zero-order valence-electron chi connectivity index (χ0n) is 17.0. The monoisotopic (exact) mass is 446 g/mol. The zero-order valence-corrected chi connectivity index (χ0v) is 17.8. The van der Waals surface area contributed by atoms with Gasteiger partial charge in [0.05, 0.1) is 4.92 Å². The average Bonchev–Trinajstić information content (AvgIpc) is 3.16. The largest absolute Gasteiger partial charge is 0.364 e. The number of aryl methyl sites for hydroxylation is 1. The molecule has 3 aromatic carbocycles. The molecule has 0 atom stereocenters. The fraction of sp³-hybridized carbons (Fsp3) is 0.0870. The molecule has 0 bridgehead atoms. The summed E-state index contributed by atoms with van der Waals surface area (Å²) in [6, 6.07) is 18.0. The van der Waals surface area contributed by atoms with E-state index in [0.29, 0.717) is 15.6 Å². The molecular formula is C23H18N4O4S. The number of aromatic nitrogens is 1. The van der Waals surface area contributed by atoms with Crippen LogP contribution >= 0.6 is 11.3 Å². The normalized spacial score (nSPS) is 10.8. The highest BCUT2D eigenvalue weighted by atomic mass is 32.1. The molecule has 0 aliphatic rings. The molecule has 0 aliphatic heterocycles. The molecule has 32 heavy (non-hydrogen) atoms. The Hall–Kier alpha value is -4.11. The Morgan fingerprint density at radius 3 is 2.56 bits per heavy atom. The van der Waals surface area contributed by atoms with E-state index < -0.39 is 10.8 Å². The summed E-state index contributed by atoms with van der Waals surface area (Å²) in [5, 5.41) is 16.9. The summed E-state index contributed by atoms with van der Waals surface area (Å²) in [7, 11) is 0. The molecule has 0 saturated heterocycles. The number of Topliss-reactive ketones (excluding diaryl/α,β-unsaturated/α-hetero) is 1. The van der Waals surface area contributed by atoms with Crippen molar-refractivity contribution in [3.63, 3.8) is 0 Å². The standard InChI is InChI=1S/C23H18N4O4S/c1-13-6-7-16(11-18(13)27(30)31)19(28)12-20-21(22(24)29)26-23(32-20)25-17-9-8-14-4-2-3-5-15(14)10-17/h2-11H,12H2,1H3,(H2,24,29)(H,25,26). The first-order valence-electron chi connectivity index (χ1n) is 9.65. The second-order valence-corrected chi connectivity index (χ2v) is 8.28. The summed E-state index contributed by atoms with van der Waals surface area (Å²) in [6.07, 6.45) is -0.143. The Bertz CT molecular complexity index is 1380. The van der Waals surface area contributed by atoms with Gasteiger partial charge >= 0.3 is 0 Å². The van der Waals surface area contributed by atoms with Gasteiger partial charge in [-0.2, -0.15) is 0 Å². The first-order chi connectivity index (χ1) is 15.3. The third-order valence-electron chi connectivity index (χ3n) is 4.98. The maximum absolute atomic E-state index is 12.8. The number of hydrogen-bond donors (Lipinski definition) is 2. The van der Waals surface area contributed by atoms with Crippen molar-refractivity contribution in [1.29, 1.82) is 0 Å². The number of fused-ring (bicyclic) bond motifs is 1. The number of nitro benzene ring substituents is 1. The molecule has 0 aliphatic carbocycles. The molecule has 0 saturated carbocycles. The summed E-state index contributed by atoms with van der Waals surface area (Å²) < 4.78 is 0. The van der Waals surface area contributed by atoms with Gasteiger partial charge in [0, 0.05) is 34.2 Å². The minimum Gasteiger partial charge on any atom is -0.364 e. The maximum Gasteiger partial charge on any atom is 0.273 e. The Kier molecular flexibility index (Phi) is 5.65. The number of nitrogens with zero attached hydrogens (tertiary/aromatic N) is 2. The molecule has 0 spiro atoms. The molecule has 0 radical (unpaired) electrons. The van der Waals surface area contributed by atoms with Crippen LogP contribution in [0.15, 0.2) is 60.7 Å². The molecule has 4 rings (SSSR count). The van der Waals surface area contributed by atoms with Crippen molar-refractivity contribution in [2.75, 3.05) is 5.32 Å². The van der Waals surface area contributed by atoms with Crippen LogP contribution in [0, 0.1) is 17.0 Å². The summed E-state index contributed by atoms with van der Waals surface area (Å²) >= 11 is 1.15. The van der Waals surface area contributed by atoms with E-state index in [0.717, 1.165) is 27.8 Å². The molecule has 3 N–H and O–H groups in total. The van der Waals surface area contributed by atoms with E-state index in [4.69, 9.17) is 5.73 Å². The fourth-order valence-corrected chi connectivity index (χ4v) is 4.32. The van der Waals surface area contributed by atoms with Gasteiger partial charge < -0.3 is 11.1 Å². The second-order valence-electron chi connectivity index (χ2n) is 7.20. The van der Waals surface area contributed by atoms with Crippen LogP contribution in [0.1, 0.15) is 31.3 Å². The molecule has 9 heteroatoms. The van der Waals surface area contributed by atoms with Gasteiger partial charge in [0.2, 0.25) is 0 Å². The number of anilines is 2. The van der Waals surface area contributed by atoms with Gasteiger partial charge in [-0.3, -0.25) is 19.7 Å². The maximum atomic E-state index is 12.8. The lowest BCUT2D eigenvalue weighted by molar-refractivity contribution is -0.385. The van der Waals surface area contributed by atoms with Crippen LogP contribution < -0.4 is 11.1 Å². The number of rotatable bonds is 7. The van der Waals surface area contributed by atoms with Gasteiger partial charge in [0.1, 0.15) is 5.69 Å². The van der Waals surface area contributed by atoms with E-state index >= 15 is 0 Å². The molecular weight excluding hydrogens is 428 g/mol. The second kappa shape index (κ2) is 8.56. The number of ketones is 1. The minimum absolute atomic E-state index is 0.00764. The lowest BCUT2D eigenvalue weighted by Crippen LogP contribution is -2.15. The lowest BCUT2D eigenvalue weighted by Gasteiger charge is -2.04. The number of nitro groups is 1. The smallest absolute Gasteiger partial charge is 0.273 e. The van der Waals surface area contributed by atoms with Gasteiger partial charge in [0.15, 0.2) is 10.9 Å². The van der Waals surface area contributed by atoms with Gasteiger partial charge in [-0.15, -0.1) is 11.3 Å². The Labute approximate surface area is 186 Å². The number of amides is 1. The highest BCUT2D eigenvalue weighted by Crippen LogP contribution is 2.29. The van der Waals surface area contributed by atoms with E-state index in [1.54, 1.807) is 6.92 Å². The van der Waals surface area contributed by atoms with E-state index in [1.165, 1.54) is 18.2 Å². The van der Waals surface area contributed by atoms with Crippen LogP contribution in [-0.2, 0) is 6.42 Å². The number of nitrogens with two attached hydrogens (primary N) is 1. The van der Waals surface area contributed by atoms with Crippen molar-refractivity contribution >= 4 is 50.3 Å². The minimum atomic E-state index is -0.745. The first-order valence-corrected chi connectivity index (χ1v) is 10.5. The van der Waals surface area contributed by atoms with Crippen molar-refractivity contribution in [1.82, 2.24) is 4.98 Å². The molecule has 1 amide bonds. The van der Waals surface area contributed by atoms with Gasteiger partial charge in [0.25, 0.3) is 11.6 Å². The fourth-order valence-electron chi connectivity index (χ4n) is 3.34. The van der Waals surface area contributed by atoms with Crippen LogP contribution in [0.25, 0.3) is 10.8 Å². The number of thiazole rings is 1. The highest BCUT2D eigenvalue weighted by molar-refractivity contribution is 7.16. The van der Waals surface area contributed by atoms with Crippen molar-refractivity contribution < 1.29 is 14.5 Å². The molecule has 160 valence electrons. The summed E-state index contributed by atoms with van der Waals surface area (Å²) in [6.45, 7) is 1.60. The number of carbonyl (C=O) groups is 2. The van der Waals surface area contributed by atoms with Crippen LogP contribution in [0.5, 0.6) is 0 Å². The average molecular weight is 446 g/mol. The lowest BCUT2D eigenvalue weighted by atomic mass is 10.0. The van der Waals surface area contributed by atoms with Crippen molar-refractivity contribution in [3.8, 4) is 0 Å². The van der Waals surface area contributed by atoms with Crippen LogP contribution in [0.4, 0.5) is 16.5 Å². The van der Waals surface area contributed by atoms with E-state index in [9.17, 15) is 19.7 Å². The van der Waals surface area contributed by atoms with Gasteiger partial charge in [-0.05, 0) is 29.8 Å². The number of carbonyl (C=O) groups excluding carboxylic acids is 2. The number of primary amides is 1. The van der Waals surface area contributed by atoms with Crippen molar-refractivity contribution in [2.45, 2.75) is 13.3 Å². The number of benzene rings is 3. The third kappa shape index (κ3) is 4.33. The zero-order chi connectivity index (χ0) is 22.8. The highest BCUT2D eigenvalue weighted by Gasteiger charge is 2.21. The Morgan fingerprint density at radius 2 is 1.84 bits per heavy atom. The number of hydrogen-bond acceptors (Lipinski definition) is 7. The predicted octanol–water partition coefficient (Wildman–Crippen LogP) is 4.78. The summed E-state index contributed by atoms with van der Waals surface area (Å²) in [4.78, 5) is 40.0. The summed E-state index contributed by atoms with van der Waals surface area (Å²) in [5.41, 5.74) is 6.78. The van der Waals surface area contributed by atoms with Crippen LogP contribution in [0.2, 0.25) is 0 Å². The molecule has 0 fully saturated rings. The van der Waals surface area contributed by atoms with Crippen LogP contribution in [-0.4, -0.2) is 21.6 Å². The predicted molar refractivity (Wildman–Crippen MR) is 124 cm³/mol. The molecule has 1 aromatic heterocycles. The van der Waals surface area contributed by atoms with Crippen molar-refractivity contribution in [2.24, 2.45) is 5.73 Å². The molecule has 4 aromatic rings. The van der Waals surface area contributed by atoms with Gasteiger partial charge in [-0.1, -0.05) is 42.5 Å². The topological polar surface area (TPSA) is 128 Å². The Morgan fingerprint density at radius 1 is 1.09 bits per heavy atom. The van der Waals surface area contributed by atoms with E-state index in [1.807, 2.05) is 42.5 Å². The molecule has 0 unspecified atom stereocenters. The SMILES string of the molecule is Cc1ccc(C(=O)Cc2sc(Nc3ccc4ccccc4c3)nc2C(N)=O)cc1[N+](=O)[O-]. The Balaban J connectivity index is 1.60. The van der Waals surface area contributed by atoms with E-state index in [2.05, 4.69) is 10.3 Å². The van der Waals surface area contributed by atoms with Gasteiger partial charge in [-0.25, -0.2) is 4.98 Å². The summed E-state index contributed by atoms with van der Waals surface area (Å²) in [5.74, 6) is -1.11. The molecule has 1 heterocycles. The quantitative estimate of drug-likeness (QED) is 0.239.